The summed E-state index contributed by atoms with van der Waals surface area (Å²) < 4.78 is 24.4. The van der Waals surface area contributed by atoms with E-state index in [0.29, 0.717) is 45.1 Å². The average Bonchev–Trinajstić information content (AvgIpc) is 3.42. The van der Waals surface area contributed by atoms with Gasteiger partial charge in [0.1, 0.15) is 18.2 Å². The monoisotopic (exact) mass is 657 g/mol. The van der Waals surface area contributed by atoms with Gasteiger partial charge in [-0.3, -0.25) is 4.79 Å². The average molecular weight is 658 g/mol. The molecular formula is C35H48FN3O8. The predicted octanol–water partition coefficient (Wildman–Crippen LogP) is 4.72. The number of benzene rings is 2. The summed E-state index contributed by atoms with van der Waals surface area (Å²) in [5.41, 5.74) is 2.00. The molecule has 2 aromatic carbocycles. The molecular weight excluding hydrogens is 609 g/mol. The van der Waals surface area contributed by atoms with Crippen molar-refractivity contribution in [2.45, 2.75) is 71.4 Å². The van der Waals surface area contributed by atoms with E-state index in [-0.39, 0.29) is 29.9 Å². The van der Waals surface area contributed by atoms with Crippen molar-refractivity contribution in [2.75, 3.05) is 45.9 Å². The molecule has 1 unspecified atom stereocenters. The second-order valence-electron chi connectivity index (χ2n) is 12.3. The number of likely N-dealkylation sites (tertiary alicyclic amines) is 1. The molecule has 258 valence electrons. The van der Waals surface area contributed by atoms with Crippen LogP contribution in [-0.2, 0) is 32.0 Å². The van der Waals surface area contributed by atoms with E-state index in [1.165, 1.54) is 12.1 Å². The van der Waals surface area contributed by atoms with E-state index in [2.05, 4.69) is 30.6 Å². The van der Waals surface area contributed by atoms with Crippen molar-refractivity contribution in [3.8, 4) is 5.75 Å². The lowest BCUT2D eigenvalue weighted by Gasteiger charge is -2.39. The zero-order valence-corrected chi connectivity index (χ0v) is 27.6. The predicted molar refractivity (Wildman–Crippen MR) is 174 cm³/mol. The molecule has 2 amide bonds. The largest absolute Gasteiger partial charge is 0.494 e. The van der Waals surface area contributed by atoms with Crippen molar-refractivity contribution >= 4 is 23.9 Å². The van der Waals surface area contributed by atoms with Crippen LogP contribution in [0.4, 0.5) is 9.18 Å². The van der Waals surface area contributed by atoms with E-state index in [1.807, 2.05) is 29.2 Å². The highest BCUT2D eigenvalue weighted by Gasteiger charge is 2.34. The second kappa shape index (κ2) is 18.8. The maximum absolute atomic E-state index is 13.6. The number of ether oxygens (including phenoxy) is 2. The summed E-state index contributed by atoms with van der Waals surface area (Å²) >= 11 is 0. The Morgan fingerprint density at radius 1 is 0.979 bits per heavy atom. The summed E-state index contributed by atoms with van der Waals surface area (Å²) in [6, 6.07) is 14.7. The van der Waals surface area contributed by atoms with Crippen molar-refractivity contribution in [3.05, 3.63) is 65.5 Å². The number of carboxylic acid groups (broad SMARTS) is 2. The van der Waals surface area contributed by atoms with Crippen LogP contribution in [0.2, 0.25) is 0 Å². The van der Waals surface area contributed by atoms with Gasteiger partial charge in [0, 0.05) is 32.2 Å². The molecule has 47 heavy (non-hydrogen) atoms. The molecule has 0 bridgehead atoms. The highest BCUT2D eigenvalue weighted by Crippen LogP contribution is 2.22. The minimum Gasteiger partial charge on any atom is -0.494 e. The molecule has 2 heterocycles. The number of carbonyl (C=O) groups is 4. The third-order valence-corrected chi connectivity index (χ3v) is 8.46. The van der Waals surface area contributed by atoms with Gasteiger partial charge in [-0.15, -0.1) is 0 Å². The van der Waals surface area contributed by atoms with Gasteiger partial charge in [-0.1, -0.05) is 45.0 Å². The Balaban J connectivity index is 0.000000913. The minimum atomic E-state index is -1.82. The number of halogens is 1. The van der Waals surface area contributed by atoms with Crippen LogP contribution >= 0.6 is 0 Å². The Labute approximate surface area is 276 Å². The maximum atomic E-state index is 13.6. The summed E-state index contributed by atoms with van der Waals surface area (Å²) in [6.45, 7) is 11.6. The Bertz CT molecular complexity index is 1280. The molecule has 2 aromatic rings. The first-order valence-corrected chi connectivity index (χ1v) is 16.4. The van der Waals surface area contributed by atoms with Gasteiger partial charge in [0.15, 0.2) is 0 Å². The van der Waals surface area contributed by atoms with Crippen molar-refractivity contribution < 1.29 is 43.3 Å². The molecule has 2 fully saturated rings. The number of cyclic esters (lactones) is 1. The molecule has 0 spiro atoms. The number of amides is 2. The van der Waals surface area contributed by atoms with Crippen LogP contribution in [0.3, 0.4) is 0 Å². The maximum Gasteiger partial charge on any atom is 0.414 e. The van der Waals surface area contributed by atoms with E-state index < -0.39 is 11.9 Å². The zero-order valence-electron chi connectivity index (χ0n) is 27.6. The fourth-order valence-corrected chi connectivity index (χ4v) is 5.80. The SMILES string of the molecule is CCCOc1ccc(CC(=O)N(CCc2ccc(F)cc2)C2CCN(CCCN3C(=O)OCC3C(C)C)CC2)cc1.O=C(O)C(=O)O. The number of nitrogens with zero attached hydrogens (tertiary/aromatic N) is 3. The number of hydrogen-bond donors (Lipinski definition) is 2. The van der Waals surface area contributed by atoms with Crippen molar-refractivity contribution in [3.63, 3.8) is 0 Å². The number of aliphatic carboxylic acids is 2. The quantitative estimate of drug-likeness (QED) is 0.277. The van der Waals surface area contributed by atoms with Crippen LogP contribution in [0, 0.1) is 11.7 Å². The van der Waals surface area contributed by atoms with Gasteiger partial charge in [0.25, 0.3) is 0 Å². The summed E-state index contributed by atoms with van der Waals surface area (Å²) in [4.78, 5) is 50.4. The van der Waals surface area contributed by atoms with Crippen LogP contribution in [-0.4, -0.2) is 107 Å². The van der Waals surface area contributed by atoms with Crippen LogP contribution in [0.15, 0.2) is 48.5 Å². The van der Waals surface area contributed by atoms with Crippen molar-refractivity contribution in [1.29, 1.82) is 0 Å². The van der Waals surface area contributed by atoms with Crippen molar-refractivity contribution in [2.24, 2.45) is 5.92 Å². The molecule has 0 aromatic heterocycles. The van der Waals surface area contributed by atoms with E-state index in [0.717, 1.165) is 62.2 Å². The Kier molecular flexibility index (Phi) is 14.9. The molecule has 2 aliphatic heterocycles. The molecule has 1 atom stereocenters. The summed E-state index contributed by atoms with van der Waals surface area (Å²) in [5.74, 6) is -2.57. The van der Waals surface area contributed by atoms with Gasteiger partial charge in [-0.25, -0.2) is 18.8 Å². The van der Waals surface area contributed by atoms with Gasteiger partial charge >= 0.3 is 18.0 Å². The topological polar surface area (TPSA) is 137 Å². The summed E-state index contributed by atoms with van der Waals surface area (Å²) in [5, 5.41) is 14.8. The third-order valence-electron chi connectivity index (χ3n) is 8.46. The first-order valence-electron chi connectivity index (χ1n) is 16.4. The van der Waals surface area contributed by atoms with Crippen LogP contribution < -0.4 is 4.74 Å². The molecule has 0 saturated carbocycles. The lowest BCUT2D eigenvalue weighted by Crippen LogP contribution is -2.49. The summed E-state index contributed by atoms with van der Waals surface area (Å²) in [7, 11) is 0. The number of rotatable bonds is 14. The number of carbonyl (C=O) groups excluding carboxylic acids is 2. The first kappa shape index (κ1) is 37.3. The van der Waals surface area contributed by atoms with Gasteiger partial charge in [-0.05, 0) is 80.0 Å². The molecule has 0 aliphatic carbocycles. The smallest absolute Gasteiger partial charge is 0.414 e. The Morgan fingerprint density at radius 3 is 2.17 bits per heavy atom. The standard InChI is InChI=1S/C33H46FN3O4.C2H2O4/c1-4-22-40-30-12-8-27(9-13-30)23-32(38)36(21-14-26-6-10-28(34)11-7-26)29-15-19-35(20-16-29)17-5-18-37-31(25(2)3)24-41-33(37)39;3-1(4)2(5)6/h6-13,25,29,31H,4-5,14-24H2,1-3H3;(H,3,4)(H,5,6). The second-order valence-corrected chi connectivity index (χ2v) is 12.3. The molecule has 2 aliphatic rings. The van der Waals surface area contributed by atoms with Gasteiger partial charge in [0.05, 0.1) is 19.1 Å². The van der Waals surface area contributed by atoms with Crippen LogP contribution in [0.25, 0.3) is 0 Å². The number of piperidine rings is 1. The highest BCUT2D eigenvalue weighted by molar-refractivity contribution is 6.27. The fraction of sp³-hybridized carbons (Fsp3) is 0.543. The lowest BCUT2D eigenvalue weighted by molar-refractivity contribution is -0.159. The first-order chi connectivity index (χ1) is 22.5. The third kappa shape index (κ3) is 12.2. The van der Waals surface area contributed by atoms with Gasteiger partial charge in [0.2, 0.25) is 5.91 Å². The zero-order chi connectivity index (χ0) is 34.3. The molecule has 2 N–H and O–H groups in total. The molecule has 4 rings (SSSR count). The Morgan fingerprint density at radius 2 is 1.60 bits per heavy atom. The van der Waals surface area contributed by atoms with Gasteiger partial charge in [-0.2, -0.15) is 0 Å². The van der Waals surface area contributed by atoms with E-state index in [1.54, 1.807) is 12.1 Å². The fourth-order valence-electron chi connectivity index (χ4n) is 5.80. The number of hydrogen-bond acceptors (Lipinski definition) is 7. The minimum absolute atomic E-state index is 0.125. The number of carboxylic acids is 2. The molecule has 2 saturated heterocycles. The molecule has 11 nitrogen and oxygen atoms in total. The Hall–Kier alpha value is -4.19. The van der Waals surface area contributed by atoms with Crippen LogP contribution in [0.5, 0.6) is 5.75 Å². The normalized spacial score (nSPS) is 16.7. The highest BCUT2D eigenvalue weighted by atomic mass is 19.1. The van der Waals surface area contributed by atoms with E-state index >= 15 is 0 Å². The summed E-state index contributed by atoms with van der Waals surface area (Å²) in [6.07, 6.45) is 4.54. The lowest BCUT2D eigenvalue weighted by atomic mass is 10.00. The molecule has 12 heteroatoms. The van der Waals surface area contributed by atoms with E-state index in [4.69, 9.17) is 29.3 Å². The van der Waals surface area contributed by atoms with Gasteiger partial charge < -0.3 is 34.4 Å². The van der Waals surface area contributed by atoms with Crippen LogP contribution in [0.1, 0.15) is 57.6 Å². The molecule has 0 radical (unpaired) electrons. The van der Waals surface area contributed by atoms with Crippen molar-refractivity contribution in [1.82, 2.24) is 14.7 Å². The van der Waals surface area contributed by atoms with E-state index in [9.17, 15) is 14.0 Å².